The molecule has 6 nitrogen and oxygen atoms in total. The summed E-state index contributed by atoms with van der Waals surface area (Å²) >= 11 is 0. The Morgan fingerprint density at radius 2 is 0.688 bits per heavy atom. The average Bonchev–Trinajstić information content (AvgIpc) is 3.29. The van der Waals surface area contributed by atoms with Crippen LogP contribution < -0.4 is 0 Å². The number of carbonyl (C=O) groups excluding carboxylic acids is 3. The maximum absolute atomic E-state index is 12.8. The highest BCUT2D eigenvalue weighted by molar-refractivity contribution is 5.71. The average molecular weight is 887 g/mol. The first-order chi connectivity index (χ1) is 31.5. The molecule has 362 valence electrons. The lowest BCUT2D eigenvalue weighted by Crippen LogP contribution is -2.30. The van der Waals surface area contributed by atoms with Crippen LogP contribution in [0.25, 0.3) is 0 Å². The fraction of sp³-hybridized carbons (Fsp3) is 0.638. The van der Waals surface area contributed by atoms with E-state index in [0.717, 1.165) is 96.3 Å². The maximum Gasteiger partial charge on any atom is 0.306 e. The minimum atomic E-state index is -0.826. The quantitative estimate of drug-likeness (QED) is 0.0199. The molecule has 0 aliphatic carbocycles. The summed E-state index contributed by atoms with van der Waals surface area (Å²) in [6.07, 6.45) is 69.4. The van der Waals surface area contributed by atoms with Crippen LogP contribution in [0.1, 0.15) is 220 Å². The zero-order chi connectivity index (χ0) is 46.5. The third-order valence-corrected chi connectivity index (χ3v) is 10.5. The van der Waals surface area contributed by atoms with Crippen molar-refractivity contribution in [2.24, 2.45) is 0 Å². The predicted molar refractivity (Wildman–Crippen MR) is 274 cm³/mol. The first-order valence-electron chi connectivity index (χ1n) is 25.9. The van der Waals surface area contributed by atoms with Crippen molar-refractivity contribution in [2.75, 3.05) is 13.2 Å². The first-order valence-corrected chi connectivity index (χ1v) is 25.9. The second-order valence-corrected chi connectivity index (χ2v) is 16.7. The summed E-state index contributed by atoms with van der Waals surface area (Å²) in [6.45, 7) is 6.30. The highest BCUT2D eigenvalue weighted by atomic mass is 16.6. The second-order valence-electron chi connectivity index (χ2n) is 16.7. The Kier molecular flexibility index (Phi) is 48.5. The predicted octanol–water partition coefficient (Wildman–Crippen LogP) is 17.1. The Hall–Kier alpha value is -3.93. The molecule has 1 atom stereocenters. The summed E-state index contributed by atoms with van der Waals surface area (Å²) in [5, 5.41) is 0. The molecule has 0 aromatic carbocycles. The molecule has 0 amide bonds. The molecule has 0 spiro atoms. The normalized spacial score (nSPS) is 13.0. The molecule has 0 aliphatic rings. The van der Waals surface area contributed by atoms with Gasteiger partial charge in [-0.25, -0.2) is 0 Å². The van der Waals surface area contributed by atoms with Gasteiger partial charge in [0.1, 0.15) is 13.2 Å². The zero-order valence-corrected chi connectivity index (χ0v) is 41.3. The van der Waals surface area contributed by atoms with Crippen LogP contribution in [0.4, 0.5) is 0 Å². The molecule has 0 saturated heterocycles. The minimum Gasteiger partial charge on any atom is -0.462 e. The summed E-state index contributed by atoms with van der Waals surface area (Å²) in [5.41, 5.74) is 0. The number of esters is 3. The van der Waals surface area contributed by atoms with Gasteiger partial charge in [-0.15, -0.1) is 0 Å². The van der Waals surface area contributed by atoms with Gasteiger partial charge >= 0.3 is 17.9 Å². The molecule has 1 unspecified atom stereocenters. The van der Waals surface area contributed by atoms with E-state index in [-0.39, 0.29) is 44.0 Å². The summed E-state index contributed by atoms with van der Waals surface area (Å²) in [6, 6.07) is 0. The Labute approximate surface area is 393 Å². The second kappa shape index (κ2) is 51.7. The molecule has 0 rings (SSSR count). The van der Waals surface area contributed by atoms with Gasteiger partial charge in [0, 0.05) is 19.3 Å². The van der Waals surface area contributed by atoms with Crippen LogP contribution in [0.5, 0.6) is 0 Å². The van der Waals surface area contributed by atoms with E-state index in [0.29, 0.717) is 19.3 Å². The monoisotopic (exact) mass is 887 g/mol. The summed E-state index contributed by atoms with van der Waals surface area (Å²) in [4.78, 5) is 38.0. The molecule has 0 aromatic rings. The lowest BCUT2D eigenvalue weighted by atomic mass is 10.1. The van der Waals surface area contributed by atoms with E-state index >= 15 is 0 Å². The number of rotatable bonds is 45. The van der Waals surface area contributed by atoms with E-state index in [4.69, 9.17) is 14.2 Å². The van der Waals surface area contributed by atoms with Crippen LogP contribution >= 0.6 is 0 Å². The molecule has 0 radical (unpaired) electrons. The molecule has 0 N–H and O–H groups in total. The Balaban J connectivity index is 4.56. The molecule has 0 aromatic heterocycles. The van der Waals surface area contributed by atoms with Crippen LogP contribution in [-0.2, 0) is 28.6 Å². The fourth-order valence-corrected chi connectivity index (χ4v) is 6.69. The third kappa shape index (κ3) is 49.1. The summed E-state index contributed by atoms with van der Waals surface area (Å²) < 4.78 is 16.7. The van der Waals surface area contributed by atoms with Crippen LogP contribution in [0.3, 0.4) is 0 Å². The van der Waals surface area contributed by atoms with Crippen molar-refractivity contribution in [2.45, 2.75) is 226 Å². The topological polar surface area (TPSA) is 78.9 Å². The van der Waals surface area contributed by atoms with Gasteiger partial charge in [-0.3, -0.25) is 14.4 Å². The van der Waals surface area contributed by atoms with Gasteiger partial charge in [0.25, 0.3) is 0 Å². The highest BCUT2D eigenvalue weighted by Gasteiger charge is 2.19. The van der Waals surface area contributed by atoms with Gasteiger partial charge in [0.2, 0.25) is 0 Å². The number of hydrogen-bond donors (Lipinski definition) is 0. The molecule has 0 bridgehead atoms. The van der Waals surface area contributed by atoms with Crippen LogP contribution in [-0.4, -0.2) is 37.2 Å². The molecule has 0 saturated carbocycles. The van der Waals surface area contributed by atoms with Crippen molar-refractivity contribution < 1.29 is 28.6 Å². The van der Waals surface area contributed by atoms with E-state index < -0.39 is 6.10 Å². The third-order valence-electron chi connectivity index (χ3n) is 10.5. The number of carbonyl (C=O) groups is 3. The molecule has 0 heterocycles. The number of allylic oxidation sites excluding steroid dienone is 18. The summed E-state index contributed by atoms with van der Waals surface area (Å²) in [7, 11) is 0. The minimum absolute atomic E-state index is 0.118. The van der Waals surface area contributed by atoms with Gasteiger partial charge in [-0.2, -0.15) is 0 Å². The van der Waals surface area contributed by atoms with E-state index in [1.165, 1.54) is 70.6 Å². The van der Waals surface area contributed by atoms with Crippen molar-refractivity contribution in [3.63, 3.8) is 0 Å². The van der Waals surface area contributed by atoms with Crippen LogP contribution in [0, 0.1) is 0 Å². The molecular weight excluding hydrogens is 793 g/mol. The smallest absolute Gasteiger partial charge is 0.306 e. The summed E-state index contributed by atoms with van der Waals surface area (Å²) in [5.74, 6) is -1.04. The standard InChI is InChI=1S/C58H94O6/c1-4-7-10-13-16-19-22-25-28-30-33-36-39-42-45-48-51-57(60)63-54-55(53-62-56(59)50-47-44-41-38-35-32-27-24-21-18-15-12-9-6-3)64-58(61)52-49-46-43-40-37-34-31-29-26-23-20-17-14-11-8-5-2/h7,9-10,12,16,18-19,21,25,28-29,31,33-34,36-37,42,45,55H,4-6,8,11,13-15,17,20,22-24,26-27,30,32,35,38-41,43-44,46-54H2,1-3H3/b10-7-,12-9-,19-16-,21-18-,28-25-,31-29-,36-33-,37-34-,45-42-. The zero-order valence-electron chi connectivity index (χ0n) is 41.3. The first kappa shape index (κ1) is 60.1. The van der Waals surface area contributed by atoms with E-state index in [1.807, 2.05) is 12.2 Å². The largest absolute Gasteiger partial charge is 0.462 e. The molecular formula is C58H94O6. The SMILES string of the molecule is CC/C=C\C/C=C\C/C=C\C/C=C\C/C=C\CCC(=O)OCC(COC(=O)CCCCCCCCC/C=C\C/C=C\CC)OC(=O)CCCCC/C=C\C=C/CCCCCCCCC. The Morgan fingerprint density at radius 3 is 1.16 bits per heavy atom. The Morgan fingerprint density at radius 1 is 0.344 bits per heavy atom. The van der Waals surface area contributed by atoms with Gasteiger partial charge in [0.05, 0.1) is 0 Å². The van der Waals surface area contributed by atoms with Gasteiger partial charge in [0.15, 0.2) is 6.10 Å². The van der Waals surface area contributed by atoms with Crippen molar-refractivity contribution in [3.8, 4) is 0 Å². The maximum atomic E-state index is 12.8. The van der Waals surface area contributed by atoms with Crippen LogP contribution in [0.2, 0.25) is 0 Å². The van der Waals surface area contributed by atoms with E-state index in [1.54, 1.807) is 0 Å². The molecule has 0 fully saturated rings. The van der Waals surface area contributed by atoms with E-state index in [2.05, 4.69) is 118 Å². The molecule has 64 heavy (non-hydrogen) atoms. The lowest BCUT2D eigenvalue weighted by molar-refractivity contribution is -0.166. The van der Waals surface area contributed by atoms with E-state index in [9.17, 15) is 14.4 Å². The van der Waals surface area contributed by atoms with Crippen LogP contribution in [0.15, 0.2) is 109 Å². The number of unbranched alkanes of at least 4 members (excludes halogenated alkanes) is 17. The van der Waals surface area contributed by atoms with Crippen molar-refractivity contribution in [1.29, 1.82) is 0 Å². The fourth-order valence-electron chi connectivity index (χ4n) is 6.69. The molecule has 6 heteroatoms. The van der Waals surface area contributed by atoms with Crippen molar-refractivity contribution >= 4 is 17.9 Å². The van der Waals surface area contributed by atoms with Gasteiger partial charge in [-0.05, 0) is 103 Å². The van der Waals surface area contributed by atoms with Gasteiger partial charge in [-0.1, -0.05) is 207 Å². The lowest BCUT2D eigenvalue weighted by Gasteiger charge is -2.18. The molecule has 0 aliphatic heterocycles. The van der Waals surface area contributed by atoms with Gasteiger partial charge < -0.3 is 14.2 Å². The highest BCUT2D eigenvalue weighted by Crippen LogP contribution is 2.13. The van der Waals surface area contributed by atoms with Crippen molar-refractivity contribution in [3.05, 3.63) is 109 Å². The van der Waals surface area contributed by atoms with Crippen molar-refractivity contribution in [1.82, 2.24) is 0 Å². The Bertz CT molecular complexity index is 1340. The number of hydrogen-bond acceptors (Lipinski definition) is 6. The number of ether oxygens (including phenoxy) is 3.